The van der Waals surface area contributed by atoms with Gasteiger partial charge in [0.15, 0.2) is 0 Å². The molecule has 0 fully saturated rings. The minimum Gasteiger partial charge on any atom is -0.478 e. The SMILES string of the molecule is N#Cc1ccc2[nH]cc(CNCOc3ccc4nsnc4c3)c2c1. The Bertz CT molecular complexity index is 1050. The van der Waals surface area contributed by atoms with Gasteiger partial charge in [0.2, 0.25) is 0 Å². The van der Waals surface area contributed by atoms with Crippen molar-refractivity contribution >= 4 is 33.7 Å². The van der Waals surface area contributed by atoms with Gasteiger partial charge in [-0.2, -0.15) is 14.0 Å². The molecule has 24 heavy (non-hydrogen) atoms. The van der Waals surface area contributed by atoms with Crippen LogP contribution in [0.15, 0.2) is 42.6 Å². The Balaban J connectivity index is 1.39. The van der Waals surface area contributed by atoms with Crippen molar-refractivity contribution in [1.29, 1.82) is 5.26 Å². The van der Waals surface area contributed by atoms with E-state index in [4.69, 9.17) is 10.00 Å². The molecule has 0 radical (unpaired) electrons. The second-order valence-electron chi connectivity index (χ2n) is 5.32. The average molecular weight is 335 g/mol. The molecule has 4 rings (SSSR count). The maximum Gasteiger partial charge on any atom is 0.139 e. The van der Waals surface area contributed by atoms with Crippen LogP contribution < -0.4 is 10.1 Å². The Morgan fingerprint density at radius 2 is 2.08 bits per heavy atom. The lowest BCUT2D eigenvalue weighted by molar-refractivity contribution is 0.283. The molecular weight excluding hydrogens is 322 g/mol. The fraction of sp³-hybridized carbons (Fsp3) is 0.118. The number of nitrogens with zero attached hydrogens (tertiary/aromatic N) is 3. The van der Waals surface area contributed by atoms with Gasteiger partial charge in [-0.05, 0) is 35.9 Å². The molecule has 2 aromatic heterocycles. The number of nitrogens with one attached hydrogen (secondary N) is 2. The van der Waals surface area contributed by atoms with Crippen molar-refractivity contribution in [2.75, 3.05) is 6.73 Å². The summed E-state index contributed by atoms with van der Waals surface area (Å²) in [6, 6.07) is 13.5. The topological polar surface area (TPSA) is 86.6 Å². The Morgan fingerprint density at radius 1 is 1.17 bits per heavy atom. The van der Waals surface area contributed by atoms with Crippen LogP contribution in [-0.4, -0.2) is 20.5 Å². The number of benzene rings is 2. The molecule has 0 spiro atoms. The van der Waals surface area contributed by atoms with Gasteiger partial charge in [0.05, 0.1) is 23.4 Å². The zero-order valence-corrected chi connectivity index (χ0v) is 13.4. The first-order valence-electron chi connectivity index (χ1n) is 7.39. The van der Waals surface area contributed by atoms with Crippen LogP contribution in [0.25, 0.3) is 21.9 Å². The number of nitriles is 1. The van der Waals surface area contributed by atoms with Gasteiger partial charge in [0, 0.05) is 29.7 Å². The molecule has 2 N–H and O–H groups in total. The van der Waals surface area contributed by atoms with Crippen LogP contribution in [0.2, 0.25) is 0 Å². The number of ether oxygens (including phenoxy) is 1. The first-order valence-corrected chi connectivity index (χ1v) is 8.12. The largest absolute Gasteiger partial charge is 0.478 e. The molecule has 0 saturated carbocycles. The van der Waals surface area contributed by atoms with Crippen molar-refractivity contribution in [1.82, 2.24) is 19.0 Å². The second kappa shape index (κ2) is 6.28. The molecule has 7 heteroatoms. The first kappa shape index (κ1) is 14.6. The van der Waals surface area contributed by atoms with Crippen LogP contribution >= 0.6 is 11.7 Å². The summed E-state index contributed by atoms with van der Waals surface area (Å²) in [4.78, 5) is 3.21. The van der Waals surface area contributed by atoms with Crippen LogP contribution in [0, 0.1) is 11.3 Å². The van der Waals surface area contributed by atoms with E-state index in [1.807, 2.05) is 42.6 Å². The summed E-state index contributed by atoms with van der Waals surface area (Å²) in [6.45, 7) is 1.03. The van der Waals surface area contributed by atoms with Gasteiger partial charge >= 0.3 is 0 Å². The van der Waals surface area contributed by atoms with Crippen LogP contribution in [0.1, 0.15) is 11.1 Å². The second-order valence-corrected chi connectivity index (χ2v) is 5.84. The maximum atomic E-state index is 9.02. The molecule has 2 heterocycles. The molecular formula is C17H13N5OS. The number of rotatable bonds is 5. The summed E-state index contributed by atoms with van der Waals surface area (Å²) in [5, 5.41) is 13.3. The molecule has 0 saturated heterocycles. The van der Waals surface area contributed by atoms with Crippen molar-refractivity contribution in [2.45, 2.75) is 6.54 Å². The monoisotopic (exact) mass is 335 g/mol. The van der Waals surface area contributed by atoms with E-state index in [9.17, 15) is 0 Å². The maximum absolute atomic E-state index is 9.02. The Kier molecular flexibility index (Phi) is 3.83. The van der Waals surface area contributed by atoms with E-state index in [1.165, 1.54) is 11.7 Å². The van der Waals surface area contributed by atoms with E-state index in [-0.39, 0.29) is 0 Å². The van der Waals surface area contributed by atoms with E-state index >= 15 is 0 Å². The lowest BCUT2D eigenvalue weighted by atomic mass is 10.1. The van der Waals surface area contributed by atoms with Crippen LogP contribution in [0.3, 0.4) is 0 Å². The zero-order chi connectivity index (χ0) is 16.4. The smallest absolute Gasteiger partial charge is 0.139 e. The molecule has 118 valence electrons. The highest BCUT2D eigenvalue weighted by molar-refractivity contribution is 7.00. The fourth-order valence-electron chi connectivity index (χ4n) is 2.57. The third-order valence-corrected chi connectivity index (χ3v) is 4.33. The molecule has 2 aromatic carbocycles. The van der Waals surface area contributed by atoms with Crippen molar-refractivity contribution in [3.05, 3.63) is 53.7 Å². The molecule has 4 aromatic rings. The van der Waals surface area contributed by atoms with Gasteiger partial charge in [-0.15, -0.1) is 0 Å². The Labute approximate surface area is 142 Å². The summed E-state index contributed by atoms with van der Waals surface area (Å²) < 4.78 is 14.1. The number of fused-ring (bicyclic) bond motifs is 2. The van der Waals surface area contributed by atoms with Crippen molar-refractivity contribution < 1.29 is 4.74 Å². The van der Waals surface area contributed by atoms with Gasteiger partial charge < -0.3 is 9.72 Å². The minimum atomic E-state index is 0.383. The predicted molar refractivity (Wildman–Crippen MR) is 92.8 cm³/mol. The van der Waals surface area contributed by atoms with Crippen molar-refractivity contribution in [3.63, 3.8) is 0 Å². The summed E-state index contributed by atoms with van der Waals surface area (Å²) in [5.74, 6) is 0.758. The van der Waals surface area contributed by atoms with Crippen molar-refractivity contribution in [2.24, 2.45) is 0 Å². The summed E-state index contributed by atoms with van der Waals surface area (Å²) in [7, 11) is 0. The minimum absolute atomic E-state index is 0.383. The van der Waals surface area contributed by atoms with Gasteiger partial charge in [-0.25, -0.2) is 0 Å². The first-order chi connectivity index (χ1) is 11.8. The van der Waals surface area contributed by atoms with E-state index in [0.717, 1.165) is 33.2 Å². The molecule has 0 unspecified atom stereocenters. The van der Waals surface area contributed by atoms with Gasteiger partial charge in [-0.3, -0.25) is 5.32 Å². The van der Waals surface area contributed by atoms with E-state index in [2.05, 4.69) is 25.1 Å². The number of H-pyrrole nitrogens is 1. The Morgan fingerprint density at radius 3 is 3.00 bits per heavy atom. The van der Waals surface area contributed by atoms with Crippen LogP contribution in [-0.2, 0) is 6.54 Å². The number of aromatic nitrogens is 3. The molecule has 6 nitrogen and oxygen atoms in total. The molecule has 0 bridgehead atoms. The standard InChI is InChI=1S/C17H13N5OS/c18-7-11-1-3-15-14(5-11)12(9-20-15)8-19-10-23-13-2-4-16-17(6-13)22-24-21-16/h1-6,9,19-20H,8,10H2. The Hall–Kier alpha value is -2.95. The van der Waals surface area contributed by atoms with Gasteiger partial charge in [0.25, 0.3) is 0 Å². The summed E-state index contributed by atoms with van der Waals surface area (Å²) >= 11 is 1.19. The third kappa shape index (κ3) is 2.80. The highest BCUT2D eigenvalue weighted by atomic mass is 32.1. The van der Waals surface area contributed by atoms with Crippen LogP contribution in [0.4, 0.5) is 0 Å². The van der Waals surface area contributed by atoms with Crippen LogP contribution in [0.5, 0.6) is 5.75 Å². The third-order valence-electron chi connectivity index (χ3n) is 3.78. The molecule has 0 aliphatic carbocycles. The molecule has 0 aliphatic heterocycles. The normalized spacial score (nSPS) is 11.0. The number of aromatic amines is 1. The highest BCUT2D eigenvalue weighted by Crippen LogP contribution is 2.20. The van der Waals surface area contributed by atoms with Gasteiger partial charge in [0.1, 0.15) is 23.5 Å². The summed E-state index contributed by atoms with van der Waals surface area (Å²) in [6.07, 6.45) is 1.95. The molecule has 0 amide bonds. The predicted octanol–water partition coefficient (Wildman–Crippen LogP) is 3.17. The summed E-state index contributed by atoms with van der Waals surface area (Å²) in [5.41, 5.74) is 4.51. The van der Waals surface area contributed by atoms with Crippen molar-refractivity contribution in [3.8, 4) is 11.8 Å². The lowest BCUT2D eigenvalue weighted by Crippen LogP contribution is -2.19. The van der Waals surface area contributed by atoms with E-state index < -0.39 is 0 Å². The number of hydrogen-bond acceptors (Lipinski definition) is 6. The van der Waals surface area contributed by atoms with Gasteiger partial charge in [-0.1, -0.05) is 0 Å². The number of hydrogen-bond donors (Lipinski definition) is 2. The highest BCUT2D eigenvalue weighted by Gasteiger charge is 2.05. The average Bonchev–Trinajstić information content (AvgIpc) is 3.24. The molecule has 0 atom stereocenters. The zero-order valence-electron chi connectivity index (χ0n) is 12.6. The lowest BCUT2D eigenvalue weighted by Gasteiger charge is -2.07. The molecule has 0 aliphatic rings. The fourth-order valence-corrected chi connectivity index (χ4v) is 3.08. The van der Waals surface area contributed by atoms with E-state index in [0.29, 0.717) is 18.8 Å². The van der Waals surface area contributed by atoms with E-state index in [1.54, 1.807) is 0 Å². The quantitative estimate of drug-likeness (QED) is 0.432.